The highest BCUT2D eigenvalue weighted by Gasteiger charge is 2.19. The van der Waals surface area contributed by atoms with Crippen molar-refractivity contribution in [2.45, 2.75) is 23.6 Å². The number of rotatable bonds is 5. The van der Waals surface area contributed by atoms with Gasteiger partial charge in [0.1, 0.15) is 0 Å². The van der Waals surface area contributed by atoms with Gasteiger partial charge in [0.05, 0.1) is 21.0 Å². The summed E-state index contributed by atoms with van der Waals surface area (Å²) in [5, 5.41) is 9.13. The first-order chi connectivity index (χ1) is 11.4. The van der Waals surface area contributed by atoms with Gasteiger partial charge >= 0.3 is 5.97 Å². The van der Waals surface area contributed by atoms with E-state index in [1.807, 2.05) is 0 Å². The van der Waals surface area contributed by atoms with Crippen LogP contribution in [0.15, 0.2) is 46.2 Å². The van der Waals surface area contributed by atoms with Gasteiger partial charge in [-0.3, -0.25) is 4.72 Å². The molecule has 2 rings (SSSR count). The number of carbonyl (C=O) groups is 1. The average molecular weight is 383 g/mol. The van der Waals surface area contributed by atoms with Crippen LogP contribution in [0.25, 0.3) is 0 Å². The molecule has 7 nitrogen and oxygen atoms in total. The zero-order valence-corrected chi connectivity index (χ0v) is 15.4. The largest absolute Gasteiger partial charge is 0.478 e. The molecule has 0 spiro atoms. The van der Waals surface area contributed by atoms with E-state index in [0.29, 0.717) is 11.1 Å². The topological polar surface area (TPSA) is 118 Å². The van der Waals surface area contributed by atoms with E-state index in [0.717, 1.165) is 12.3 Å². The van der Waals surface area contributed by atoms with Crippen molar-refractivity contribution in [3.8, 4) is 0 Å². The number of sulfone groups is 1. The molecule has 0 aliphatic carbocycles. The summed E-state index contributed by atoms with van der Waals surface area (Å²) in [4.78, 5) is 10.9. The maximum absolute atomic E-state index is 12.5. The number of anilines is 1. The van der Waals surface area contributed by atoms with Gasteiger partial charge in [0.25, 0.3) is 10.0 Å². The fourth-order valence-electron chi connectivity index (χ4n) is 2.14. The van der Waals surface area contributed by atoms with Crippen LogP contribution in [0.5, 0.6) is 0 Å². The van der Waals surface area contributed by atoms with Crippen LogP contribution >= 0.6 is 0 Å². The van der Waals surface area contributed by atoms with Crippen molar-refractivity contribution >= 4 is 31.5 Å². The van der Waals surface area contributed by atoms with Gasteiger partial charge in [0, 0.05) is 6.26 Å². The van der Waals surface area contributed by atoms with Gasteiger partial charge in [-0.25, -0.2) is 21.6 Å². The Balaban J connectivity index is 2.50. The molecule has 0 saturated carbocycles. The maximum Gasteiger partial charge on any atom is 0.335 e. The van der Waals surface area contributed by atoms with Gasteiger partial charge in [-0.15, -0.1) is 0 Å². The fourth-order valence-corrected chi connectivity index (χ4v) is 3.94. The summed E-state index contributed by atoms with van der Waals surface area (Å²) in [5.41, 5.74) is 0.952. The lowest BCUT2D eigenvalue weighted by atomic mass is 10.1. The van der Waals surface area contributed by atoms with E-state index in [-0.39, 0.29) is 21.0 Å². The Morgan fingerprint density at radius 2 is 1.48 bits per heavy atom. The second kappa shape index (κ2) is 6.49. The lowest BCUT2D eigenvalue weighted by Crippen LogP contribution is -2.15. The number of carboxylic acid groups (broad SMARTS) is 1. The number of aromatic carboxylic acids is 1. The van der Waals surface area contributed by atoms with E-state index >= 15 is 0 Å². The molecule has 0 fully saturated rings. The average Bonchev–Trinajstić information content (AvgIpc) is 2.48. The van der Waals surface area contributed by atoms with Crippen molar-refractivity contribution in [2.24, 2.45) is 0 Å². The Hall–Kier alpha value is -2.39. The second-order valence-corrected chi connectivity index (χ2v) is 9.33. The molecule has 0 heterocycles. The first-order valence-corrected chi connectivity index (χ1v) is 10.5. The van der Waals surface area contributed by atoms with E-state index in [9.17, 15) is 21.6 Å². The molecule has 0 atom stereocenters. The van der Waals surface area contributed by atoms with Crippen molar-refractivity contribution in [3.05, 3.63) is 53.1 Å². The monoisotopic (exact) mass is 383 g/mol. The molecular formula is C16H17NO6S2. The van der Waals surface area contributed by atoms with Crippen molar-refractivity contribution in [3.63, 3.8) is 0 Å². The molecular weight excluding hydrogens is 366 g/mol. The van der Waals surface area contributed by atoms with Crippen LogP contribution in [0.1, 0.15) is 21.5 Å². The van der Waals surface area contributed by atoms with Crippen LogP contribution in [0.2, 0.25) is 0 Å². The van der Waals surface area contributed by atoms with Crippen LogP contribution in [-0.4, -0.2) is 34.2 Å². The Bertz CT molecular complexity index is 1060. The first kappa shape index (κ1) is 18.9. The molecule has 134 valence electrons. The summed E-state index contributed by atoms with van der Waals surface area (Å²) in [5.74, 6) is -1.23. The number of nitrogens with one attached hydrogen (secondary N) is 1. The third kappa shape index (κ3) is 4.18. The normalized spacial score (nSPS) is 12.0. The van der Waals surface area contributed by atoms with E-state index in [2.05, 4.69) is 4.72 Å². The van der Waals surface area contributed by atoms with Gasteiger partial charge in [0.15, 0.2) is 9.84 Å². The third-order valence-corrected chi connectivity index (χ3v) is 6.10. The Labute approximate surface area is 146 Å². The first-order valence-electron chi connectivity index (χ1n) is 7.09. The predicted octanol–water partition coefficient (Wildman–Crippen LogP) is 2.21. The molecule has 0 unspecified atom stereocenters. The molecule has 9 heteroatoms. The molecule has 2 aromatic carbocycles. The quantitative estimate of drug-likeness (QED) is 0.817. The van der Waals surface area contributed by atoms with Gasteiger partial charge in [0.2, 0.25) is 0 Å². The zero-order chi connectivity index (χ0) is 19.0. The van der Waals surface area contributed by atoms with E-state index in [4.69, 9.17) is 5.11 Å². The summed E-state index contributed by atoms with van der Waals surface area (Å²) in [6.07, 6.45) is 1.02. The van der Waals surface area contributed by atoms with Crippen LogP contribution < -0.4 is 4.72 Å². The molecule has 25 heavy (non-hydrogen) atoms. The van der Waals surface area contributed by atoms with Crippen molar-refractivity contribution in [1.29, 1.82) is 0 Å². The number of hydrogen-bond donors (Lipinski definition) is 2. The highest BCUT2D eigenvalue weighted by molar-refractivity contribution is 7.92. The molecule has 0 bridgehead atoms. The van der Waals surface area contributed by atoms with Crippen LogP contribution in [0.4, 0.5) is 5.69 Å². The standard InChI is InChI=1S/C16H17NO6S2/c1-10-4-7-13(8-14(10)16(18)19)25(22,23)17-15-9-12(24(3,20)21)6-5-11(15)2/h4-9,17H,1-3H3,(H,18,19). The van der Waals surface area contributed by atoms with Crippen LogP contribution in [0.3, 0.4) is 0 Å². The molecule has 0 amide bonds. The molecule has 2 N–H and O–H groups in total. The van der Waals surface area contributed by atoms with E-state index in [1.54, 1.807) is 13.8 Å². The lowest BCUT2D eigenvalue weighted by Gasteiger charge is -2.13. The summed E-state index contributed by atoms with van der Waals surface area (Å²) in [7, 11) is -7.58. The number of aryl methyl sites for hydroxylation is 2. The second-order valence-electron chi connectivity index (χ2n) is 5.64. The molecule has 0 aromatic heterocycles. The highest BCUT2D eigenvalue weighted by atomic mass is 32.2. The van der Waals surface area contributed by atoms with Crippen LogP contribution in [0, 0.1) is 13.8 Å². The van der Waals surface area contributed by atoms with Crippen LogP contribution in [-0.2, 0) is 19.9 Å². The minimum Gasteiger partial charge on any atom is -0.478 e. The number of hydrogen-bond acceptors (Lipinski definition) is 5. The summed E-state index contributed by atoms with van der Waals surface area (Å²) >= 11 is 0. The zero-order valence-electron chi connectivity index (χ0n) is 13.8. The fraction of sp³-hybridized carbons (Fsp3) is 0.188. The Morgan fingerprint density at radius 1 is 0.920 bits per heavy atom. The lowest BCUT2D eigenvalue weighted by molar-refractivity contribution is 0.0696. The van der Waals surface area contributed by atoms with Gasteiger partial charge in [-0.2, -0.15) is 0 Å². The van der Waals surface area contributed by atoms with Crippen molar-refractivity contribution in [1.82, 2.24) is 0 Å². The van der Waals surface area contributed by atoms with Gasteiger partial charge in [-0.1, -0.05) is 12.1 Å². The number of carboxylic acids is 1. The third-order valence-electron chi connectivity index (χ3n) is 3.63. The maximum atomic E-state index is 12.5. The Kier molecular flexibility index (Phi) is 4.92. The molecule has 2 aromatic rings. The smallest absolute Gasteiger partial charge is 0.335 e. The summed E-state index contributed by atoms with van der Waals surface area (Å²) in [6.45, 7) is 3.19. The van der Waals surface area contributed by atoms with E-state index in [1.165, 1.54) is 30.3 Å². The van der Waals surface area contributed by atoms with E-state index < -0.39 is 25.8 Å². The minimum atomic E-state index is -4.08. The molecule has 0 saturated heterocycles. The molecule has 0 radical (unpaired) electrons. The number of sulfonamides is 1. The van der Waals surface area contributed by atoms with Gasteiger partial charge < -0.3 is 5.11 Å². The van der Waals surface area contributed by atoms with Crippen molar-refractivity contribution < 1.29 is 26.7 Å². The van der Waals surface area contributed by atoms with Crippen molar-refractivity contribution in [2.75, 3.05) is 11.0 Å². The summed E-state index contributed by atoms with van der Waals surface area (Å²) in [6, 6.07) is 7.87. The predicted molar refractivity (Wildman–Crippen MR) is 93.2 cm³/mol. The SMILES string of the molecule is Cc1ccc(S(C)(=O)=O)cc1NS(=O)(=O)c1ccc(C)c(C(=O)O)c1. The summed E-state index contributed by atoms with van der Waals surface area (Å²) < 4.78 is 50.7. The highest BCUT2D eigenvalue weighted by Crippen LogP contribution is 2.24. The number of benzene rings is 2. The minimum absolute atomic E-state index is 0.0223. The molecule has 0 aliphatic rings. The molecule has 0 aliphatic heterocycles. The van der Waals surface area contributed by atoms with Gasteiger partial charge in [-0.05, 0) is 49.2 Å². The Morgan fingerprint density at radius 3 is 2.04 bits per heavy atom.